The first kappa shape index (κ1) is 16.3. The molecule has 1 aromatic carbocycles. The Morgan fingerprint density at radius 2 is 2.05 bits per heavy atom. The summed E-state index contributed by atoms with van der Waals surface area (Å²) in [7, 11) is -3.58. The van der Waals surface area contributed by atoms with Crippen molar-refractivity contribution >= 4 is 27.3 Å². The molecular weight excluding hydrogens is 284 g/mol. The molecule has 0 spiro atoms. The predicted octanol–water partition coefficient (Wildman–Crippen LogP) is 3.17. The zero-order valence-corrected chi connectivity index (χ0v) is 12.9. The van der Waals surface area contributed by atoms with Gasteiger partial charge in [-0.05, 0) is 31.5 Å². The molecule has 0 amide bonds. The molecule has 108 valence electrons. The first-order valence-electron chi connectivity index (χ1n) is 6.44. The van der Waals surface area contributed by atoms with Crippen LogP contribution >= 0.6 is 11.6 Å². The average Bonchev–Trinajstić information content (AvgIpc) is 2.27. The summed E-state index contributed by atoms with van der Waals surface area (Å²) in [6.45, 7) is 3.97. The van der Waals surface area contributed by atoms with Crippen LogP contribution in [0.2, 0.25) is 5.02 Å². The second-order valence-corrected chi connectivity index (χ2v) is 6.80. The van der Waals surface area contributed by atoms with Gasteiger partial charge in [-0.25, -0.2) is 13.1 Å². The highest BCUT2D eigenvalue weighted by Crippen LogP contribution is 2.24. The maximum absolute atomic E-state index is 12.2. The fraction of sp³-hybridized carbons (Fsp3) is 0.538. The van der Waals surface area contributed by atoms with Gasteiger partial charge in [-0.15, -0.1) is 0 Å². The van der Waals surface area contributed by atoms with E-state index >= 15 is 0 Å². The lowest BCUT2D eigenvalue weighted by Crippen LogP contribution is -2.32. The van der Waals surface area contributed by atoms with Gasteiger partial charge in [-0.1, -0.05) is 37.8 Å². The highest BCUT2D eigenvalue weighted by molar-refractivity contribution is 7.89. The summed E-state index contributed by atoms with van der Waals surface area (Å²) < 4.78 is 27.0. The normalized spacial score (nSPS) is 13.4. The molecule has 0 aromatic heterocycles. The molecule has 4 nitrogen and oxygen atoms in total. The van der Waals surface area contributed by atoms with Crippen molar-refractivity contribution < 1.29 is 8.42 Å². The van der Waals surface area contributed by atoms with Crippen LogP contribution in [-0.2, 0) is 10.0 Å². The van der Waals surface area contributed by atoms with Gasteiger partial charge in [0.1, 0.15) is 4.90 Å². The van der Waals surface area contributed by atoms with E-state index in [2.05, 4.69) is 11.6 Å². The second-order valence-electron chi connectivity index (χ2n) is 4.71. The lowest BCUT2D eigenvalue weighted by molar-refractivity contribution is 0.527. The molecule has 19 heavy (non-hydrogen) atoms. The molecule has 0 saturated heterocycles. The van der Waals surface area contributed by atoms with E-state index in [1.54, 1.807) is 0 Å². The van der Waals surface area contributed by atoms with E-state index < -0.39 is 10.0 Å². The molecule has 0 fully saturated rings. The summed E-state index contributed by atoms with van der Waals surface area (Å²) >= 11 is 5.93. The number of benzene rings is 1. The van der Waals surface area contributed by atoms with E-state index in [0.717, 1.165) is 25.7 Å². The standard InChI is InChI=1S/C13H21ClN2O2S/c1-3-4-5-6-10(2)16-19(17,18)13-8-7-11(15)9-12(13)14/h7-10,16H,3-6,15H2,1-2H3. The summed E-state index contributed by atoms with van der Waals surface area (Å²) in [5, 5.41) is 0.147. The van der Waals surface area contributed by atoms with Crippen LogP contribution in [0, 0.1) is 0 Å². The number of nitrogens with one attached hydrogen (secondary N) is 1. The number of sulfonamides is 1. The van der Waals surface area contributed by atoms with Gasteiger partial charge in [-0.2, -0.15) is 0 Å². The number of hydrogen-bond donors (Lipinski definition) is 2. The number of nitrogen functional groups attached to an aromatic ring is 1. The number of hydrogen-bond acceptors (Lipinski definition) is 3. The number of anilines is 1. The Bertz CT molecular complexity index is 517. The lowest BCUT2D eigenvalue weighted by Gasteiger charge is -2.15. The summed E-state index contributed by atoms with van der Waals surface area (Å²) in [5.74, 6) is 0. The maximum Gasteiger partial charge on any atom is 0.242 e. The van der Waals surface area contributed by atoms with E-state index in [0.29, 0.717) is 5.69 Å². The second kappa shape index (κ2) is 7.12. The van der Waals surface area contributed by atoms with E-state index in [-0.39, 0.29) is 16.0 Å². The smallest absolute Gasteiger partial charge is 0.242 e. The molecule has 1 atom stereocenters. The third-order valence-electron chi connectivity index (χ3n) is 2.84. The Labute approximate surface area is 120 Å². The van der Waals surface area contributed by atoms with Crippen LogP contribution in [0.25, 0.3) is 0 Å². The monoisotopic (exact) mass is 304 g/mol. The number of unbranched alkanes of at least 4 members (excludes halogenated alkanes) is 2. The maximum atomic E-state index is 12.2. The van der Waals surface area contributed by atoms with Gasteiger partial charge in [0, 0.05) is 11.7 Å². The molecular formula is C13H21ClN2O2S. The van der Waals surface area contributed by atoms with Crippen molar-refractivity contribution in [2.75, 3.05) is 5.73 Å². The number of halogens is 1. The van der Waals surface area contributed by atoms with Crippen LogP contribution in [-0.4, -0.2) is 14.5 Å². The van der Waals surface area contributed by atoms with E-state index in [4.69, 9.17) is 17.3 Å². The van der Waals surface area contributed by atoms with Gasteiger partial charge in [0.2, 0.25) is 10.0 Å². The molecule has 6 heteroatoms. The third kappa shape index (κ3) is 5.01. The zero-order valence-electron chi connectivity index (χ0n) is 11.3. The fourth-order valence-corrected chi connectivity index (χ4v) is 3.65. The number of nitrogens with two attached hydrogens (primary N) is 1. The van der Waals surface area contributed by atoms with E-state index in [9.17, 15) is 8.42 Å². The van der Waals surface area contributed by atoms with Gasteiger partial charge in [0.05, 0.1) is 5.02 Å². The number of rotatable bonds is 7. The fourth-order valence-electron chi connectivity index (χ4n) is 1.82. The zero-order chi connectivity index (χ0) is 14.5. The summed E-state index contributed by atoms with van der Waals surface area (Å²) in [4.78, 5) is 0.0747. The van der Waals surface area contributed by atoms with Crippen LogP contribution < -0.4 is 10.5 Å². The minimum atomic E-state index is -3.58. The van der Waals surface area contributed by atoms with E-state index in [1.165, 1.54) is 18.2 Å². The Balaban J connectivity index is 2.75. The van der Waals surface area contributed by atoms with Crippen LogP contribution in [0.5, 0.6) is 0 Å². The Morgan fingerprint density at radius 3 is 2.63 bits per heavy atom. The average molecular weight is 305 g/mol. The van der Waals surface area contributed by atoms with Gasteiger partial charge < -0.3 is 5.73 Å². The minimum absolute atomic E-state index is 0.0747. The molecule has 3 N–H and O–H groups in total. The molecule has 0 radical (unpaired) electrons. The SMILES string of the molecule is CCCCCC(C)NS(=O)(=O)c1ccc(N)cc1Cl. The van der Waals surface area contributed by atoms with Crippen molar-refractivity contribution in [3.63, 3.8) is 0 Å². The van der Waals surface area contributed by atoms with Crippen molar-refractivity contribution in [1.82, 2.24) is 4.72 Å². The summed E-state index contributed by atoms with van der Waals surface area (Å²) in [6.07, 6.45) is 4.05. The largest absolute Gasteiger partial charge is 0.399 e. The van der Waals surface area contributed by atoms with Gasteiger partial charge in [0.25, 0.3) is 0 Å². The Hall–Kier alpha value is -0.780. The minimum Gasteiger partial charge on any atom is -0.399 e. The molecule has 0 saturated carbocycles. The highest BCUT2D eigenvalue weighted by atomic mass is 35.5. The first-order chi connectivity index (χ1) is 8.86. The summed E-state index contributed by atoms with van der Waals surface area (Å²) in [6, 6.07) is 4.30. The molecule has 0 aliphatic rings. The molecule has 0 heterocycles. The van der Waals surface area contributed by atoms with Crippen molar-refractivity contribution in [3.8, 4) is 0 Å². The van der Waals surface area contributed by atoms with Crippen molar-refractivity contribution in [3.05, 3.63) is 23.2 Å². The van der Waals surface area contributed by atoms with Crippen molar-refractivity contribution in [2.45, 2.75) is 50.5 Å². The van der Waals surface area contributed by atoms with Crippen LogP contribution in [0.3, 0.4) is 0 Å². The molecule has 1 rings (SSSR count). The third-order valence-corrected chi connectivity index (χ3v) is 4.91. The molecule has 1 unspecified atom stereocenters. The lowest BCUT2D eigenvalue weighted by atomic mass is 10.1. The van der Waals surface area contributed by atoms with Gasteiger partial charge in [-0.3, -0.25) is 0 Å². The van der Waals surface area contributed by atoms with Crippen LogP contribution in [0.1, 0.15) is 39.5 Å². The van der Waals surface area contributed by atoms with Gasteiger partial charge >= 0.3 is 0 Å². The molecule has 0 aliphatic heterocycles. The van der Waals surface area contributed by atoms with Crippen LogP contribution in [0.4, 0.5) is 5.69 Å². The van der Waals surface area contributed by atoms with E-state index in [1.807, 2.05) is 6.92 Å². The van der Waals surface area contributed by atoms with Crippen molar-refractivity contribution in [2.24, 2.45) is 0 Å². The highest BCUT2D eigenvalue weighted by Gasteiger charge is 2.20. The van der Waals surface area contributed by atoms with Crippen LogP contribution in [0.15, 0.2) is 23.1 Å². The predicted molar refractivity (Wildman–Crippen MR) is 79.8 cm³/mol. The Kier molecular flexibility index (Phi) is 6.10. The van der Waals surface area contributed by atoms with Crippen molar-refractivity contribution in [1.29, 1.82) is 0 Å². The topological polar surface area (TPSA) is 72.2 Å². The Morgan fingerprint density at radius 1 is 1.37 bits per heavy atom. The quantitative estimate of drug-likeness (QED) is 0.600. The molecule has 0 aliphatic carbocycles. The first-order valence-corrected chi connectivity index (χ1v) is 8.30. The van der Waals surface area contributed by atoms with Gasteiger partial charge in [0.15, 0.2) is 0 Å². The molecule has 1 aromatic rings. The summed E-state index contributed by atoms with van der Waals surface area (Å²) in [5.41, 5.74) is 6.00. The molecule has 0 bridgehead atoms.